The summed E-state index contributed by atoms with van der Waals surface area (Å²) in [5.41, 5.74) is 1.53. The Morgan fingerprint density at radius 2 is 2.00 bits per heavy atom. The van der Waals surface area contributed by atoms with Crippen molar-refractivity contribution in [1.82, 2.24) is 10.3 Å². The number of rotatable bonds is 2. The molecule has 0 unspecified atom stereocenters. The van der Waals surface area contributed by atoms with Gasteiger partial charge >= 0.3 is 0 Å². The molecule has 7 heteroatoms. The molecule has 0 aliphatic heterocycles. The monoisotopic (exact) mass is 523 g/mol. The third kappa shape index (κ3) is 4.85. The van der Waals surface area contributed by atoms with Gasteiger partial charge in [-0.15, -0.1) is 0 Å². The predicted octanol–water partition coefficient (Wildman–Crippen LogP) is 3.73. The molecular formula is C14H11I2N3OS. The maximum atomic E-state index is 12.1. The molecule has 0 fully saturated rings. The van der Waals surface area contributed by atoms with Gasteiger partial charge < -0.3 is 5.32 Å². The van der Waals surface area contributed by atoms with E-state index in [-0.39, 0.29) is 11.0 Å². The number of benzene rings is 1. The highest BCUT2D eigenvalue weighted by Crippen LogP contribution is 2.14. The van der Waals surface area contributed by atoms with Crippen molar-refractivity contribution in [2.45, 2.75) is 6.92 Å². The zero-order valence-electron chi connectivity index (χ0n) is 11.0. The van der Waals surface area contributed by atoms with Crippen LogP contribution >= 0.6 is 57.4 Å². The van der Waals surface area contributed by atoms with Crippen molar-refractivity contribution >= 4 is 74.2 Å². The minimum absolute atomic E-state index is 0.232. The third-order valence-electron chi connectivity index (χ3n) is 2.59. The minimum Gasteiger partial charge on any atom is -0.317 e. The number of hydrogen-bond donors (Lipinski definition) is 2. The normalized spacial score (nSPS) is 10.0. The van der Waals surface area contributed by atoms with E-state index < -0.39 is 0 Å². The van der Waals surface area contributed by atoms with E-state index in [0.29, 0.717) is 11.4 Å². The van der Waals surface area contributed by atoms with Crippen molar-refractivity contribution in [1.29, 1.82) is 0 Å². The summed E-state index contributed by atoms with van der Waals surface area (Å²) < 4.78 is 2.04. The molecule has 0 radical (unpaired) electrons. The number of halogens is 2. The summed E-state index contributed by atoms with van der Waals surface area (Å²) in [7, 11) is 0. The molecule has 0 saturated carbocycles. The predicted molar refractivity (Wildman–Crippen MR) is 105 cm³/mol. The van der Waals surface area contributed by atoms with E-state index >= 15 is 0 Å². The number of pyridine rings is 1. The van der Waals surface area contributed by atoms with Crippen LogP contribution < -0.4 is 10.6 Å². The zero-order valence-corrected chi connectivity index (χ0v) is 16.1. The van der Waals surface area contributed by atoms with Crippen LogP contribution in [-0.2, 0) is 0 Å². The Balaban J connectivity index is 2.03. The number of anilines is 1. The largest absolute Gasteiger partial charge is 0.317 e. The number of thiocarbonyl (C=S) groups is 1. The topological polar surface area (TPSA) is 54.0 Å². The van der Waals surface area contributed by atoms with Crippen molar-refractivity contribution in [3.05, 3.63) is 54.8 Å². The molecule has 21 heavy (non-hydrogen) atoms. The standard InChI is InChI=1S/C14H11I2N3OS/c1-8-5-11(16)7-17-12(8)18-14(21)19-13(20)9-3-2-4-10(15)6-9/h2-7H,1H3,(H2,17,18,19,20,21). The highest BCUT2D eigenvalue weighted by atomic mass is 127. The maximum Gasteiger partial charge on any atom is 0.257 e. The fourth-order valence-corrected chi connectivity index (χ4v) is 2.95. The zero-order chi connectivity index (χ0) is 15.4. The summed E-state index contributed by atoms with van der Waals surface area (Å²) in [6, 6.07) is 9.28. The van der Waals surface area contributed by atoms with E-state index in [0.717, 1.165) is 12.7 Å². The van der Waals surface area contributed by atoms with E-state index in [9.17, 15) is 4.79 Å². The van der Waals surface area contributed by atoms with Gasteiger partial charge in [0.2, 0.25) is 0 Å². The summed E-state index contributed by atoms with van der Waals surface area (Å²) in [4.78, 5) is 16.3. The SMILES string of the molecule is Cc1cc(I)cnc1NC(=S)NC(=O)c1cccc(I)c1. The number of hydrogen-bond acceptors (Lipinski definition) is 3. The molecule has 4 nitrogen and oxygen atoms in total. The van der Waals surface area contributed by atoms with Crippen LogP contribution in [0.4, 0.5) is 5.82 Å². The van der Waals surface area contributed by atoms with Gasteiger partial charge in [0.25, 0.3) is 5.91 Å². The summed E-state index contributed by atoms with van der Waals surface area (Å²) in [5.74, 6) is 0.400. The van der Waals surface area contributed by atoms with E-state index in [4.69, 9.17) is 12.2 Å². The Morgan fingerprint density at radius 3 is 2.67 bits per heavy atom. The number of aromatic nitrogens is 1. The van der Waals surface area contributed by atoms with Gasteiger partial charge in [0, 0.05) is 18.9 Å². The van der Waals surface area contributed by atoms with Gasteiger partial charge in [-0.1, -0.05) is 6.07 Å². The summed E-state index contributed by atoms with van der Waals surface area (Å²) >= 11 is 9.50. The highest BCUT2D eigenvalue weighted by molar-refractivity contribution is 14.1. The second-order valence-corrected chi connectivity index (χ2v) is 7.14. The molecular weight excluding hydrogens is 512 g/mol. The van der Waals surface area contributed by atoms with Gasteiger partial charge in [-0.05, 0) is 94.2 Å². The second kappa shape index (κ2) is 7.45. The minimum atomic E-state index is -0.241. The van der Waals surface area contributed by atoms with E-state index in [2.05, 4.69) is 60.8 Å². The Bertz CT molecular complexity index is 706. The van der Waals surface area contributed by atoms with E-state index in [1.165, 1.54) is 0 Å². The van der Waals surface area contributed by atoms with Gasteiger partial charge in [-0.25, -0.2) is 4.98 Å². The number of carbonyl (C=O) groups is 1. The number of aryl methyl sites for hydroxylation is 1. The van der Waals surface area contributed by atoms with Gasteiger partial charge in [0.1, 0.15) is 5.82 Å². The molecule has 2 rings (SSSR count). The molecule has 108 valence electrons. The smallest absolute Gasteiger partial charge is 0.257 e. The maximum absolute atomic E-state index is 12.1. The third-order valence-corrected chi connectivity index (χ3v) is 4.06. The summed E-state index contributed by atoms with van der Waals surface area (Å²) in [6.07, 6.45) is 1.74. The van der Waals surface area contributed by atoms with Crippen molar-refractivity contribution in [2.75, 3.05) is 5.32 Å². The van der Waals surface area contributed by atoms with Crippen LogP contribution in [0, 0.1) is 14.1 Å². The number of carbonyl (C=O) groups excluding carboxylic acids is 1. The quantitative estimate of drug-likeness (QED) is 0.466. The Hall–Kier alpha value is -0.810. The molecule has 0 aliphatic rings. The van der Waals surface area contributed by atoms with Crippen LogP contribution in [0.2, 0.25) is 0 Å². The lowest BCUT2D eigenvalue weighted by Gasteiger charge is -2.11. The van der Waals surface area contributed by atoms with Crippen LogP contribution in [0.3, 0.4) is 0 Å². The molecule has 0 bridgehead atoms. The lowest BCUT2D eigenvalue weighted by atomic mass is 10.2. The highest BCUT2D eigenvalue weighted by Gasteiger charge is 2.09. The van der Waals surface area contributed by atoms with Gasteiger partial charge in [-0.3, -0.25) is 10.1 Å². The van der Waals surface area contributed by atoms with Crippen molar-refractivity contribution in [2.24, 2.45) is 0 Å². The molecule has 0 spiro atoms. The Kier molecular flexibility index (Phi) is 5.88. The first-order valence-electron chi connectivity index (χ1n) is 5.96. The summed E-state index contributed by atoms with van der Waals surface area (Å²) in [6.45, 7) is 1.93. The molecule has 1 amide bonds. The van der Waals surface area contributed by atoms with Crippen LogP contribution in [0.15, 0.2) is 36.5 Å². The number of amides is 1. The van der Waals surface area contributed by atoms with Crippen molar-refractivity contribution < 1.29 is 4.79 Å². The number of nitrogens with zero attached hydrogens (tertiary/aromatic N) is 1. The Labute approximate surface area is 155 Å². The lowest BCUT2D eigenvalue weighted by molar-refractivity contribution is 0.0977. The fraction of sp³-hybridized carbons (Fsp3) is 0.0714. The first kappa shape index (κ1) is 16.6. The van der Waals surface area contributed by atoms with E-state index in [1.807, 2.05) is 25.1 Å². The number of nitrogens with one attached hydrogen (secondary N) is 2. The molecule has 0 saturated heterocycles. The van der Waals surface area contributed by atoms with Gasteiger partial charge in [-0.2, -0.15) is 0 Å². The van der Waals surface area contributed by atoms with E-state index in [1.54, 1.807) is 18.3 Å². The molecule has 1 aromatic heterocycles. The Morgan fingerprint density at radius 1 is 1.24 bits per heavy atom. The van der Waals surface area contributed by atoms with Gasteiger partial charge in [0.05, 0.1) is 0 Å². The van der Waals surface area contributed by atoms with Crippen molar-refractivity contribution in [3.8, 4) is 0 Å². The molecule has 2 N–H and O–H groups in total. The van der Waals surface area contributed by atoms with Crippen LogP contribution in [0.1, 0.15) is 15.9 Å². The fourth-order valence-electron chi connectivity index (χ4n) is 1.62. The molecule has 1 aromatic carbocycles. The average Bonchev–Trinajstić information content (AvgIpc) is 2.42. The molecule has 2 aromatic rings. The molecule has 0 aliphatic carbocycles. The first-order valence-corrected chi connectivity index (χ1v) is 8.52. The lowest BCUT2D eigenvalue weighted by Crippen LogP contribution is -2.34. The molecule has 1 heterocycles. The van der Waals surface area contributed by atoms with Crippen LogP contribution in [0.25, 0.3) is 0 Å². The second-order valence-electron chi connectivity index (χ2n) is 4.24. The molecule has 0 atom stereocenters. The summed E-state index contributed by atoms with van der Waals surface area (Å²) in [5, 5.41) is 5.82. The van der Waals surface area contributed by atoms with Gasteiger partial charge in [0.15, 0.2) is 5.11 Å². The van der Waals surface area contributed by atoms with Crippen molar-refractivity contribution in [3.63, 3.8) is 0 Å². The van der Waals surface area contributed by atoms with Crippen LogP contribution in [-0.4, -0.2) is 16.0 Å². The average molecular weight is 523 g/mol. The van der Waals surface area contributed by atoms with Crippen LogP contribution in [0.5, 0.6) is 0 Å². The first-order chi connectivity index (χ1) is 9.95.